The van der Waals surface area contributed by atoms with E-state index in [0.717, 1.165) is 18.9 Å². The second kappa shape index (κ2) is 13.2. The molecule has 0 aromatic carbocycles. The topological polar surface area (TPSA) is 151 Å². The first-order chi connectivity index (χ1) is 21.8. The Morgan fingerprint density at radius 2 is 2.00 bits per heavy atom. The van der Waals surface area contributed by atoms with Gasteiger partial charge in [0.15, 0.2) is 21.8 Å². The van der Waals surface area contributed by atoms with Gasteiger partial charge < -0.3 is 9.64 Å². The van der Waals surface area contributed by atoms with Gasteiger partial charge in [0.1, 0.15) is 5.82 Å². The smallest absolute Gasteiger partial charge is 0.394 e. The highest BCUT2D eigenvalue weighted by Gasteiger charge is 2.62. The van der Waals surface area contributed by atoms with Crippen LogP contribution in [-0.4, -0.2) is 61.3 Å². The van der Waals surface area contributed by atoms with E-state index in [1.165, 1.54) is 35.0 Å². The van der Waals surface area contributed by atoms with Gasteiger partial charge in [-0.3, -0.25) is 9.52 Å². The van der Waals surface area contributed by atoms with Crippen molar-refractivity contribution in [1.29, 1.82) is 0 Å². The van der Waals surface area contributed by atoms with Gasteiger partial charge in [0.2, 0.25) is 11.8 Å². The molecule has 1 saturated carbocycles. The van der Waals surface area contributed by atoms with Crippen LogP contribution >= 0.6 is 0 Å². The molecule has 1 amide bonds. The number of nitrogens with one attached hydrogen (secondary N) is 1. The van der Waals surface area contributed by atoms with Gasteiger partial charge in [-0.25, -0.2) is 18.9 Å². The molecule has 0 bridgehead atoms. The monoisotopic (exact) mass is 663 g/mol. The maximum atomic E-state index is 13.6. The number of alkyl halides is 3. The molecule has 1 aliphatic heterocycles. The molecule has 0 radical (unpaired) electrons. The van der Waals surface area contributed by atoms with Gasteiger partial charge in [0.05, 0.1) is 17.6 Å². The van der Waals surface area contributed by atoms with Crippen LogP contribution in [0.2, 0.25) is 0 Å². The molecule has 1 aliphatic carbocycles. The van der Waals surface area contributed by atoms with Crippen LogP contribution in [0.1, 0.15) is 62.7 Å². The van der Waals surface area contributed by atoms with Crippen LogP contribution < -0.4 is 14.4 Å². The average Bonchev–Trinajstić information content (AvgIpc) is 3.55. The second-order valence-electron chi connectivity index (χ2n) is 12.1. The Labute approximate surface area is 264 Å². The number of aromatic nitrogens is 4. The molecule has 2 fully saturated rings. The maximum absolute atomic E-state index is 13.6. The number of hydrogen-bond donors (Lipinski definition) is 1. The predicted molar refractivity (Wildman–Crippen MR) is 160 cm³/mol. The van der Waals surface area contributed by atoms with E-state index in [4.69, 9.17) is 15.3 Å². The predicted octanol–water partition coefficient (Wildman–Crippen LogP) is 6.06. The van der Waals surface area contributed by atoms with E-state index >= 15 is 0 Å². The summed E-state index contributed by atoms with van der Waals surface area (Å²) in [4.78, 5) is 26.6. The summed E-state index contributed by atoms with van der Waals surface area (Å²) in [6.45, 7) is 4.78. The average molecular weight is 664 g/mol. The molecule has 1 N–H and O–H groups in total. The molecular weight excluding hydrogens is 630 g/mol. The minimum Gasteiger partial charge on any atom is -0.477 e. The molecule has 2 unspecified atom stereocenters. The van der Waals surface area contributed by atoms with Crippen LogP contribution in [0.4, 0.5) is 23.4 Å². The lowest BCUT2D eigenvalue weighted by Gasteiger charge is -2.34. The van der Waals surface area contributed by atoms with Crippen molar-refractivity contribution in [3.63, 3.8) is 0 Å². The molecule has 4 heterocycles. The van der Waals surface area contributed by atoms with Crippen molar-refractivity contribution in [3.05, 3.63) is 64.5 Å². The minimum atomic E-state index is -4.27. The van der Waals surface area contributed by atoms with E-state index in [9.17, 15) is 26.6 Å². The number of carbonyl (C=O) groups is 1. The number of pyridine rings is 2. The number of anilines is 1. The number of rotatable bonds is 13. The number of halogens is 4. The van der Waals surface area contributed by atoms with Gasteiger partial charge in [-0.15, -0.1) is 5.10 Å². The van der Waals surface area contributed by atoms with E-state index in [2.05, 4.69) is 24.8 Å². The Bertz CT molecular complexity index is 1650. The third kappa shape index (κ3) is 7.41. The van der Waals surface area contributed by atoms with Crippen LogP contribution in [0.5, 0.6) is 5.88 Å². The Morgan fingerprint density at radius 1 is 1.22 bits per heavy atom. The van der Waals surface area contributed by atoms with Crippen molar-refractivity contribution >= 4 is 22.7 Å². The summed E-state index contributed by atoms with van der Waals surface area (Å²) >= 11 is 0. The first kappa shape index (κ1) is 33.1. The molecule has 12 nitrogen and oxygen atoms in total. The van der Waals surface area contributed by atoms with Crippen molar-refractivity contribution in [2.24, 2.45) is 16.4 Å². The van der Waals surface area contributed by atoms with Gasteiger partial charge in [0.25, 0.3) is 5.91 Å². The summed E-state index contributed by atoms with van der Waals surface area (Å²) in [7, 11) is -2.16. The summed E-state index contributed by atoms with van der Waals surface area (Å²) in [6.07, 6.45) is -0.452. The van der Waals surface area contributed by atoms with Crippen LogP contribution in [0.15, 0.2) is 52.7 Å². The van der Waals surface area contributed by atoms with Gasteiger partial charge >= 0.3 is 6.18 Å². The fraction of sp³-hybridized carbons (Fsp3) is 0.517. The highest BCUT2D eigenvalue weighted by atomic mass is 32.2. The highest BCUT2D eigenvalue weighted by Crippen LogP contribution is 2.59. The lowest BCUT2D eigenvalue weighted by Crippen LogP contribution is -2.40. The van der Waals surface area contributed by atoms with Crippen LogP contribution in [-0.2, 0) is 11.0 Å². The number of nitrogens with zero attached hydrogens (tertiary/aromatic N) is 8. The quantitative estimate of drug-likeness (QED) is 0.0583. The highest BCUT2D eigenvalue weighted by molar-refractivity contribution is 7.83. The minimum absolute atomic E-state index is 0.0920. The van der Waals surface area contributed by atoms with E-state index in [0.29, 0.717) is 31.1 Å². The Hall–Kier alpha value is -4.24. The molecule has 246 valence electrons. The molecule has 2 aliphatic rings. The summed E-state index contributed by atoms with van der Waals surface area (Å²) in [5.41, 5.74) is 6.57. The number of carbonyl (C=O) groups excluding carboxylic acids is 1. The van der Waals surface area contributed by atoms with E-state index in [1.807, 2.05) is 18.7 Å². The number of hydrogen-bond acceptors (Lipinski definition) is 8. The van der Waals surface area contributed by atoms with Gasteiger partial charge in [-0.1, -0.05) is 11.2 Å². The Balaban J connectivity index is 1.39. The SMILES string of the molecule is CC1(C)CC(CCCN=[N+]=[N-])CN1c1nc(-n2ccc(OCCC3(C(F)(F)F)CC3)n2)ccc1C(=O)NS(=O)c1cccc(F)n1. The molecule has 3 aromatic heterocycles. The molecule has 46 heavy (non-hydrogen) atoms. The van der Waals surface area contributed by atoms with E-state index in [1.54, 1.807) is 6.20 Å². The first-order valence-corrected chi connectivity index (χ1v) is 15.9. The van der Waals surface area contributed by atoms with Crippen molar-refractivity contribution in [2.75, 3.05) is 24.6 Å². The third-order valence-electron chi connectivity index (χ3n) is 8.40. The molecule has 17 heteroatoms. The second-order valence-corrected chi connectivity index (χ2v) is 13.3. The van der Waals surface area contributed by atoms with E-state index < -0.39 is 40.0 Å². The zero-order valence-corrected chi connectivity index (χ0v) is 26.0. The molecule has 2 atom stereocenters. The summed E-state index contributed by atoms with van der Waals surface area (Å²) in [5.74, 6) is -0.627. The first-order valence-electron chi connectivity index (χ1n) is 14.7. The number of ether oxygens (including phenoxy) is 1. The lowest BCUT2D eigenvalue weighted by molar-refractivity contribution is -0.190. The lowest BCUT2D eigenvalue weighted by atomic mass is 9.93. The molecule has 3 aromatic rings. The molecule has 1 saturated heterocycles. The van der Waals surface area contributed by atoms with Crippen molar-refractivity contribution < 1.29 is 31.3 Å². The number of azide groups is 1. The standard InChI is InChI=1S/C29H33F4N9O3S/c1-27(2)17-19(5-4-14-35-40-34)18-41(27)25-20(26(43)39-46(44)24-7-3-6-21(30)36-24)8-9-22(37-25)42-15-10-23(38-42)45-16-13-28(11-12-28)29(31,32)33/h3,6-10,15,19H,4-5,11-14,16-18H2,1-2H3,(H,39,43). The van der Waals surface area contributed by atoms with Crippen molar-refractivity contribution in [2.45, 2.75) is 69.1 Å². The van der Waals surface area contributed by atoms with Crippen LogP contribution in [0.3, 0.4) is 0 Å². The molecule has 0 spiro atoms. The zero-order valence-electron chi connectivity index (χ0n) is 25.2. The van der Waals surface area contributed by atoms with Gasteiger partial charge in [0, 0.05) is 35.8 Å². The van der Waals surface area contributed by atoms with Crippen LogP contribution in [0, 0.1) is 17.3 Å². The molecular formula is C29H33F4N9O3S. The Kier molecular flexibility index (Phi) is 9.54. The fourth-order valence-electron chi connectivity index (χ4n) is 5.77. The van der Waals surface area contributed by atoms with Crippen molar-refractivity contribution in [3.8, 4) is 11.7 Å². The zero-order chi connectivity index (χ0) is 33.1. The molecule has 5 rings (SSSR count). The summed E-state index contributed by atoms with van der Waals surface area (Å²) in [5, 5.41) is 7.78. The number of amides is 1. The summed E-state index contributed by atoms with van der Waals surface area (Å²) in [6, 6.07) is 8.32. The third-order valence-corrected chi connectivity index (χ3v) is 9.38. The fourth-order valence-corrected chi connectivity index (χ4v) is 6.53. The van der Waals surface area contributed by atoms with E-state index in [-0.39, 0.29) is 48.3 Å². The van der Waals surface area contributed by atoms with Gasteiger partial charge in [-0.05, 0) is 88.1 Å². The normalized spacial score (nSPS) is 18.9. The van der Waals surface area contributed by atoms with Crippen LogP contribution in [0.25, 0.3) is 16.3 Å². The van der Waals surface area contributed by atoms with Crippen molar-refractivity contribution in [1.82, 2.24) is 24.5 Å². The Morgan fingerprint density at radius 3 is 2.70 bits per heavy atom. The maximum Gasteiger partial charge on any atom is 0.394 e. The summed E-state index contributed by atoms with van der Waals surface area (Å²) < 4.78 is 75.6. The largest absolute Gasteiger partial charge is 0.477 e. The van der Waals surface area contributed by atoms with Gasteiger partial charge in [-0.2, -0.15) is 17.6 Å².